The predicted molar refractivity (Wildman–Crippen MR) is 125 cm³/mol. The van der Waals surface area contributed by atoms with Crippen LogP contribution in [0.5, 0.6) is 0 Å². The molecule has 0 amide bonds. The van der Waals surface area contributed by atoms with Gasteiger partial charge in [0.05, 0.1) is 13.0 Å². The Morgan fingerprint density at radius 1 is 1.25 bits per heavy atom. The van der Waals surface area contributed by atoms with E-state index in [1.807, 2.05) is 0 Å². The van der Waals surface area contributed by atoms with Crippen LogP contribution in [-0.2, 0) is 9.53 Å². The Labute approximate surface area is 186 Å². The number of hydrogen-bond acceptors (Lipinski definition) is 3. The van der Waals surface area contributed by atoms with Crippen LogP contribution in [0.1, 0.15) is 63.0 Å². The number of benzene rings is 1. The van der Waals surface area contributed by atoms with Gasteiger partial charge in [0.25, 0.3) is 0 Å². The number of rotatable bonds is 5. The Bertz CT molecular complexity index is 667. The lowest BCUT2D eigenvalue weighted by Gasteiger charge is -2.33. The smallest absolute Gasteiger partial charge is 0.308 e. The molecular formula is C22H34IN3O2. The first-order chi connectivity index (χ1) is 13.0. The average molecular weight is 499 g/mol. The lowest BCUT2D eigenvalue weighted by molar-refractivity contribution is -0.146. The molecule has 2 aliphatic rings. The van der Waals surface area contributed by atoms with Gasteiger partial charge in [0.15, 0.2) is 5.96 Å². The number of nitrogens with one attached hydrogen (secondary N) is 1. The van der Waals surface area contributed by atoms with Gasteiger partial charge in [-0.15, -0.1) is 24.0 Å². The molecule has 28 heavy (non-hydrogen) atoms. The van der Waals surface area contributed by atoms with Gasteiger partial charge >= 0.3 is 5.97 Å². The third-order valence-electron chi connectivity index (χ3n) is 5.77. The zero-order valence-corrected chi connectivity index (χ0v) is 19.8. The van der Waals surface area contributed by atoms with Crippen molar-refractivity contribution in [3.63, 3.8) is 0 Å². The molecule has 3 rings (SSSR count). The van der Waals surface area contributed by atoms with Crippen LogP contribution < -0.4 is 5.32 Å². The Kier molecular flexibility index (Phi) is 8.58. The summed E-state index contributed by atoms with van der Waals surface area (Å²) in [6.45, 7) is 9.00. The minimum absolute atomic E-state index is 0. The van der Waals surface area contributed by atoms with Crippen LogP contribution >= 0.6 is 24.0 Å². The number of likely N-dealkylation sites (tertiary alicyclic amines) is 1. The molecule has 6 heteroatoms. The Balaban J connectivity index is 0.00000280. The molecule has 2 atom stereocenters. The molecule has 0 spiro atoms. The maximum Gasteiger partial charge on any atom is 0.308 e. The van der Waals surface area contributed by atoms with E-state index in [1.54, 1.807) is 0 Å². The Hall–Kier alpha value is -1.31. The summed E-state index contributed by atoms with van der Waals surface area (Å²) in [5.41, 5.74) is 2.81. The van der Waals surface area contributed by atoms with Crippen LogP contribution in [0.2, 0.25) is 0 Å². The highest BCUT2D eigenvalue weighted by Gasteiger charge is 2.40. The van der Waals surface area contributed by atoms with Crippen LogP contribution in [0.25, 0.3) is 0 Å². The molecule has 1 heterocycles. The van der Waals surface area contributed by atoms with Crippen molar-refractivity contribution in [2.75, 3.05) is 26.7 Å². The lowest BCUT2D eigenvalue weighted by Crippen LogP contribution is -2.47. The third kappa shape index (κ3) is 5.61. The molecule has 0 aromatic heterocycles. The summed E-state index contributed by atoms with van der Waals surface area (Å²) < 4.78 is 4.89. The molecule has 1 aliphatic carbocycles. The number of methoxy groups -OCH3 is 1. The molecule has 1 saturated carbocycles. The van der Waals surface area contributed by atoms with Gasteiger partial charge in [-0.25, -0.2) is 0 Å². The van der Waals surface area contributed by atoms with Crippen molar-refractivity contribution < 1.29 is 9.53 Å². The third-order valence-corrected chi connectivity index (χ3v) is 5.77. The van der Waals surface area contributed by atoms with Gasteiger partial charge in [-0.05, 0) is 43.2 Å². The fourth-order valence-corrected chi connectivity index (χ4v) is 3.90. The number of hydrogen-bond donors (Lipinski definition) is 1. The lowest BCUT2D eigenvalue weighted by atomic mass is 9.97. The summed E-state index contributed by atoms with van der Waals surface area (Å²) in [6.07, 6.45) is 2.83. The van der Waals surface area contributed by atoms with Crippen molar-refractivity contribution in [2.24, 2.45) is 10.9 Å². The van der Waals surface area contributed by atoms with Crippen molar-refractivity contribution in [1.82, 2.24) is 10.2 Å². The van der Waals surface area contributed by atoms with Crippen LogP contribution in [0, 0.1) is 5.92 Å². The van der Waals surface area contributed by atoms with E-state index in [0.717, 1.165) is 44.9 Å². The van der Waals surface area contributed by atoms with Gasteiger partial charge in [0.1, 0.15) is 0 Å². The van der Waals surface area contributed by atoms with E-state index in [4.69, 9.17) is 9.73 Å². The fraction of sp³-hybridized carbons (Fsp3) is 0.636. The maximum absolute atomic E-state index is 11.7. The molecule has 156 valence electrons. The number of carbonyl (C=O) groups is 1. The van der Waals surface area contributed by atoms with Crippen molar-refractivity contribution in [3.05, 3.63) is 35.4 Å². The summed E-state index contributed by atoms with van der Waals surface area (Å²) in [5.74, 6) is 2.09. The summed E-state index contributed by atoms with van der Waals surface area (Å²) in [5, 5.41) is 3.67. The number of aliphatic imine (C=N–C) groups is 1. The standard InChI is InChI=1S/C22H33N3O2.HI/c1-5-23-22(25-12-10-18(11-13-25)21(26)27-4)24-20-14-19(20)17-8-6-16(7-9-17)15(2)3;/h6-9,15,18-20H,5,10-14H2,1-4H3,(H,23,24);1H. The molecule has 2 fully saturated rings. The molecule has 1 aromatic carbocycles. The largest absolute Gasteiger partial charge is 0.469 e. The maximum atomic E-state index is 11.7. The highest BCUT2D eigenvalue weighted by atomic mass is 127. The van der Waals surface area contributed by atoms with Gasteiger partial charge in [0.2, 0.25) is 0 Å². The Morgan fingerprint density at radius 3 is 2.43 bits per heavy atom. The number of nitrogens with zero attached hydrogens (tertiary/aromatic N) is 2. The van der Waals surface area contributed by atoms with Gasteiger partial charge < -0.3 is 15.0 Å². The summed E-state index contributed by atoms with van der Waals surface area (Å²) in [6, 6.07) is 9.53. The number of esters is 1. The second-order valence-electron chi connectivity index (χ2n) is 8.00. The molecule has 1 saturated heterocycles. The van der Waals surface area contributed by atoms with Gasteiger partial charge in [-0.2, -0.15) is 0 Å². The van der Waals surface area contributed by atoms with Crippen LogP contribution in [-0.4, -0.2) is 49.6 Å². The fourth-order valence-electron chi connectivity index (χ4n) is 3.90. The number of ether oxygens (including phenoxy) is 1. The first-order valence-electron chi connectivity index (χ1n) is 10.3. The zero-order valence-electron chi connectivity index (χ0n) is 17.5. The molecule has 5 nitrogen and oxygen atoms in total. The molecule has 2 unspecified atom stereocenters. The molecule has 1 aromatic rings. The number of piperidine rings is 1. The normalized spacial score (nSPS) is 22.6. The second kappa shape index (κ2) is 10.5. The van der Waals surface area contributed by atoms with Gasteiger partial charge in [-0.3, -0.25) is 9.79 Å². The van der Waals surface area contributed by atoms with E-state index in [1.165, 1.54) is 18.2 Å². The highest BCUT2D eigenvalue weighted by Crippen LogP contribution is 2.41. The van der Waals surface area contributed by atoms with Crippen LogP contribution in [0.3, 0.4) is 0 Å². The molecule has 0 radical (unpaired) electrons. The average Bonchev–Trinajstić information content (AvgIpc) is 3.46. The number of halogens is 1. The summed E-state index contributed by atoms with van der Waals surface area (Å²) in [4.78, 5) is 18.7. The van der Waals surface area contributed by atoms with Crippen molar-refractivity contribution >= 4 is 35.9 Å². The Morgan fingerprint density at radius 2 is 1.89 bits per heavy atom. The SMILES string of the molecule is CCN=C(NC1CC1c1ccc(C(C)C)cc1)N1CCC(C(=O)OC)CC1.I. The molecule has 1 aliphatic heterocycles. The minimum atomic E-state index is -0.0799. The number of carbonyl (C=O) groups excluding carboxylic acids is 1. The summed E-state index contributed by atoms with van der Waals surface area (Å²) in [7, 11) is 1.47. The van der Waals surface area contributed by atoms with Crippen LogP contribution in [0.15, 0.2) is 29.3 Å². The van der Waals surface area contributed by atoms with Crippen molar-refractivity contribution in [1.29, 1.82) is 0 Å². The van der Waals surface area contributed by atoms with E-state index < -0.39 is 0 Å². The van der Waals surface area contributed by atoms with E-state index in [9.17, 15) is 4.79 Å². The van der Waals surface area contributed by atoms with Crippen LogP contribution in [0.4, 0.5) is 0 Å². The van der Waals surface area contributed by atoms with E-state index in [2.05, 4.69) is 55.3 Å². The van der Waals surface area contributed by atoms with E-state index in [-0.39, 0.29) is 35.9 Å². The topological polar surface area (TPSA) is 53.9 Å². The second-order valence-corrected chi connectivity index (χ2v) is 8.00. The minimum Gasteiger partial charge on any atom is -0.469 e. The van der Waals surface area contributed by atoms with Gasteiger partial charge in [0, 0.05) is 31.6 Å². The molecule has 0 bridgehead atoms. The van der Waals surface area contributed by atoms with Crippen molar-refractivity contribution in [2.45, 2.75) is 57.9 Å². The quantitative estimate of drug-likeness (QED) is 0.287. The van der Waals surface area contributed by atoms with E-state index in [0.29, 0.717) is 17.9 Å². The van der Waals surface area contributed by atoms with Gasteiger partial charge in [-0.1, -0.05) is 38.1 Å². The zero-order chi connectivity index (χ0) is 19.4. The predicted octanol–water partition coefficient (Wildman–Crippen LogP) is 4.13. The van der Waals surface area contributed by atoms with Crippen molar-refractivity contribution in [3.8, 4) is 0 Å². The first kappa shape index (κ1) is 23.0. The monoisotopic (exact) mass is 499 g/mol. The highest BCUT2D eigenvalue weighted by molar-refractivity contribution is 14.0. The summed E-state index contributed by atoms with van der Waals surface area (Å²) >= 11 is 0. The van der Waals surface area contributed by atoms with E-state index >= 15 is 0 Å². The molecule has 1 N–H and O–H groups in total. The number of guanidine groups is 1. The molecular weight excluding hydrogens is 465 g/mol. The first-order valence-corrected chi connectivity index (χ1v) is 10.3.